The summed E-state index contributed by atoms with van der Waals surface area (Å²) in [5, 5.41) is 8.62. The molecule has 0 aromatic carbocycles. The molecule has 12 nitrogen and oxygen atoms in total. The molecule has 3 N–H and O–H groups in total. The van der Waals surface area contributed by atoms with Crippen molar-refractivity contribution in [1.29, 1.82) is 0 Å². The van der Waals surface area contributed by atoms with Gasteiger partial charge in [0.05, 0.1) is 19.6 Å². The van der Waals surface area contributed by atoms with Crippen molar-refractivity contribution < 1.29 is 23.9 Å². The molecule has 2 aliphatic carbocycles. The third kappa shape index (κ3) is 8.23. The summed E-state index contributed by atoms with van der Waals surface area (Å²) < 4.78 is 7.39. The van der Waals surface area contributed by atoms with Gasteiger partial charge in [0.15, 0.2) is 0 Å². The first kappa shape index (κ1) is 32.7. The molecule has 2 saturated carbocycles. The number of hydrogen-bond donors (Lipinski definition) is 3. The van der Waals surface area contributed by atoms with E-state index in [0.717, 1.165) is 25.7 Å². The molecule has 2 bridgehead atoms. The number of pyridine rings is 1. The van der Waals surface area contributed by atoms with E-state index in [0.29, 0.717) is 11.8 Å². The Hall–Kier alpha value is -4.22. The van der Waals surface area contributed by atoms with E-state index in [9.17, 15) is 24.0 Å². The van der Waals surface area contributed by atoms with Crippen LogP contribution in [0.1, 0.15) is 76.2 Å². The van der Waals surface area contributed by atoms with Crippen molar-refractivity contribution in [1.82, 2.24) is 24.8 Å². The minimum atomic E-state index is -1.04. The zero-order valence-electron chi connectivity index (χ0n) is 26.2. The van der Waals surface area contributed by atoms with Crippen LogP contribution in [0.25, 0.3) is 0 Å². The van der Waals surface area contributed by atoms with E-state index in [2.05, 4.69) is 46.4 Å². The van der Waals surface area contributed by atoms with Gasteiger partial charge in [-0.1, -0.05) is 26.8 Å². The predicted molar refractivity (Wildman–Crippen MR) is 165 cm³/mol. The third-order valence-corrected chi connectivity index (χ3v) is 8.56. The Balaban J connectivity index is 1.46. The van der Waals surface area contributed by atoms with Crippen molar-refractivity contribution >= 4 is 29.4 Å². The Labute approximate surface area is 257 Å². The van der Waals surface area contributed by atoms with E-state index in [-0.39, 0.29) is 47.6 Å². The Kier molecular flexibility index (Phi) is 10.1. The fourth-order valence-corrected chi connectivity index (χ4v) is 7.31. The first-order valence-electron chi connectivity index (χ1n) is 15.1. The number of amides is 3. The molecule has 44 heavy (non-hydrogen) atoms. The second kappa shape index (κ2) is 13.6. The largest absolute Gasteiger partial charge is 0.466 e. The first-order chi connectivity index (χ1) is 20.8. The number of imidazole rings is 1. The maximum Gasteiger partial charge on any atom is 0.330 e. The predicted octanol–water partition coefficient (Wildman–Crippen LogP) is 2.94. The summed E-state index contributed by atoms with van der Waals surface area (Å²) in [6, 6.07) is 2.01. The standard InChI is InChI=1S/C32H44N6O6/c1-21-13-22-15-31(2,3)19-32(14-21,16-22)36-26(39)18-38-12-8-10-24(30(38)43)35-28(41)23(9-6-7-11-27(40)44-5)34-29(42)25-17-33-20-37(25)4/h7-8,10-12,17,20-23H,6,9,13-16,18-19H2,1-5H3,(H,34,42)(H,35,41)(H,36,39)/b11-7+/t21?,22?,23-,32?/m0/s1. The van der Waals surface area contributed by atoms with Crippen LogP contribution in [-0.2, 0) is 32.7 Å². The molecule has 3 unspecified atom stereocenters. The molecule has 0 radical (unpaired) electrons. The molecule has 4 atom stereocenters. The fraction of sp³-hybridized carbons (Fsp3) is 0.562. The summed E-state index contributed by atoms with van der Waals surface area (Å²) in [5.74, 6) is -0.811. The maximum absolute atomic E-state index is 13.4. The van der Waals surface area contributed by atoms with Crippen LogP contribution >= 0.6 is 0 Å². The molecule has 0 aliphatic heterocycles. The average molecular weight is 609 g/mol. The van der Waals surface area contributed by atoms with Gasteiger partial charge in [0.2, 0.25) is 11.8 Å². The first-order valence-corrected chi connectivity index (χ1v) is 15.1. The second-order valence-electron chi connectivity index (χ2n) is 13.3. The van der Waals surface area contributed by atoms with Crippen LogP contribution < -0.4 is 21.5 Å². The highest BCUT2D eigenvalue weighted by Gasteiger charge is 2.48. The molecular formula is C32H44N6O6. The van der Waals surface area contributed by atoms with Gasteiger partial charge in [-0.25, -0.2) is 9.78 Å². The summed E-state index contributed by atoms with van der Waals surface area (Å²) in [4.78, 5) is 68.2. The molecule has 4 rings (SSSR count). The average Bonchev–Trinajstić information content (AvgIpc) is 3.36. The summed E-state index contributed by atoms with van der Waals surface area (Å²) in [5.41, 5.74) is -0.443. The molecular weight excluding hydrogens is 564 g/mol. The number of carbonyl (C=O) groups excluding carboxylic acids is 4. The number of ether oxygens (including phenoxy) is 1. The highest BCUT2D eigenvalue weighted by molar-refractivity contribution is 6.00. The van der Waals surface area contributed by atoms with Crippen LogP contribution in [0.5, 0.6) is 0 Å². The van der Waals surface area contributed by atoms with Gasteiger partial charge in [-0.15, -0.1) is 0 Å². The SMILES string of the molecule is COC(=O)/C=C/CC[C@H](NC(=O)c1cncn1C)C(=O)Nc1cccn(CC(=O)NC23CC(C)CC(CC(C)(C)C2)C3)c1=O. The number of aryl methyl sites for hydroxylation is 1. The summed E-state index contributed by atoms with van der Waals surface area (Å²) in [7, 11) is 2.91. The minimum absolute atomic E-state index is 0.0153. The monoisotopic (exact) mass is 608 g/mol. The molecule has 2 heterocycles. The molecule has 238 valence electrons. The van der Waals surface area contributed by atoms with Gasteiger partial charge in [0.1, 0.15) is 24.0 Å². The molecule has 2 aliphatic rings. The molecule has 2 aromatic rings. The lowest BCUT2D eigenvalue weighted by molar-refractivity contribution is -0.135. The molecule has 0 spiro atoms. The number of nitrogens with one attached hydrogen (secondary N) is 3. The van der Waals surface area contributed by atoms with Gasteiger partial charge in [0, 0.05) is 24.9 Å². The number of hydrogen-bond acceptors (Lipinski definition) is 7. The molecule has 12 heteroatoms. The lowest BCUT2D eigenvalue weighted by Crippen LogP contribution is -2.58. The van der Waals surface area contributed by atoms with E-state index < -0.39 is 29.4 Å². The Morgan fingerprint density at radius 1 is 1.20 bits per heavy atom. The van der Waals surface area contributed by atoms with Gasteiger partial charge in [0.25, 0.3) is 11.5 Å². The second-order valence-corrected chi connectivity index (χ2v) is 13.3. The summed E-state index contributed by atoms with van der Waals surface area (Å²) in [6.45, 7) is 6.58. The summed E-state index contributed by atoms with van der Waals surface area (Å²) >= 11 is 0. The van der Waals surface area contributed by atoms with Crippen molar-refractivity contribution in [3.8, 4) is 0 Å². The number of nitrogens with zero attached hydrogens (tertiary/aromatic N) is 3. The molecule has 0 saturated heterocycles. The number of allylic oxidation sites excluding steroid dienone is 1. The Morgan fingerprint density at radius 2 is 1.98 bits per heavy atom. The number of esters is 1. The number of aromatic nitrogens is 3. The van der Waals surface area contributed by atoms with E-state index in [4.69, 9.17) is 0 Å². The number of fused-ring (bicyclic) bond motifs is 2. The topological polar surface area (TPSA) is 153 Å². The highest BCUT2D eigenvalue weighted by atomic mass is 16.5. The van der Waals surface area contributed by atoms with Gasteiger partial charge < -0.3 is 29.8 Å². The van der Waals surface area contributed by atoms with Crippen LogP contribution in [0.15, 0.2) is 47.8 Å². The Morgan fingerprint density at radius 3 is 2.68 bits per heavy atom. The van der Waals surface area contributed by atoms with Gasteiger partial charge in [-0.05, 0) is 74.3 Å². The molecule has 2 fully saturated rings. The van der Waals surface area contributed by atoms with Crippen molar-refractivity contribution in [2.75, 3.05) is 12.4 Å². The van der Waals surface area contributed by atoms with Crippen LogP contribution in [0, 0.1) is 17.3 Å². The fourth-order valence-electron chi connectivity index (χ4n) is 7.31. The number of methoxy groups -OCH3 is 1. The van der Waals surface area contributed by atoms with Gasteiger partial charge in [-0.3, -0.25) is 19.2 Å². The van der Waals surface area contributed by atoms with Crippen LogP contribution in [-0.4, -0.2) is 56.5 Å². The van der Waals surface area contributed by atoms with Crippen LogP contribution in [0.3, 0.4) is 0 Å². The molecule has 3 amide bonds. The summed E-state index contributed by atoms with van der Waals surface area (Å²) in [6.07, 6.45) is 12.7. The van der Waals surface area contributed by atoms with Crippen molar-refractivity contribution in [3.63, 3.8) is 0 Å². The maximum atomic E-state index is 13.4. The number of anilines is 1. The van der Waals surface area contributed by atoms with Crippen LogP contribution in [0.4, 0.5) is 5.69 Å². The van der Waals surface area contributed by atoms with E-state index in [1.165, 1.54) is 53.5 Å². The van der Waals surface area contributed by atoms with E-state index >= 15 is 0 Å². The highest BCUT2D eigenvalue weighted by Crippen LogP contribution is 2.52. The lowest BCUT2D eigenvalue weighted by Gasteiger charge is -2.53. The van der Waals surface area contributed by atoms with Crippen molar-refractivity contribution in [2.45, 2.75) is 83.8 Å². The lowest BCUT2D eigenvalue weighted by atomic mass is 9.56. The Bertz CT molecular complexity index is 1470. The molecule has 2 aromatic heterocycles. The van der Waals surface area contributed by atoms with Gasteiger partial charge in [-0.2, -0.15) is 0 Å². The quantitative estimate of drug-likeness (QED) is 0.262. The number of carbonyl (C=O) groups is 4. The zero-order chi connectivity index (χ0) is 32.1. The third-order valence-electron chi connectivity index (χ3n) is 8.56. The number of rotatable bonds is 11. The zero-order valence-corrected chi connectivity index (χ0v) is 26.2. The van der Waals surface area contributed by atoms with Crippen molar-refractivity contribution in [3.05, 3.63) is 59.1 Å². The van der Waals surface area contributed by atoms with Gasteiger partial charge >= 0.3 is 5.97 Å². The van der Waals surface area contributed by atoms with E-state index in [1.807, 2.05) is 0 Å². The van der Waals surface area contributed by atoms with Crippen molar-refractivity contribution in [2.24, 2.45) is 24.3 Å². The smallest absolute Gasteiger partial charge is 0.330 e. The van der Waals surface area contributed by atoms with E-state index in [1.54, 1.807) is 19.2 Å². The minimum Gasteiger partial charge on any atom is -0.466 e. The normalized spacial score (nSPS) is 23.0. The van der Waals surface area contributed by atoms with Crippen LogP contribution in [0.2, 0.25) is 0 Å².